The number of hydrogen-bond donors (Lipinski definition) is 1. The molecule has 1 aliphatic rings. The van der Waals surface area contributed by atoms with E-state index in [-0.39, 0.29) is 0 Å². The molecule has 94 valence electrons. The zero-order valence-electron chi connectivity index (χ0n) is 10.6. The molecule has 1 aromatic rings. The number of halogens is 1. The van der Waals surface area contributed by atoms with E-state index in [9.17, 15) is 0 Å². The molecule has 1 N–H and O–H groups in total. The van der Waals surface area contributed by atoms with Crippen LogP contribution in [0.2, 0.25) is 0 Å². The van der Waals surface area contributed by atoms with Crippen molar-refractivity contribution in [2.24, 2.45) is 0 Å². The second kappa shape index (κ2) is 5.87. The van der Waals surface area contributed by atoms with Gasteiger partial charge < -0.3 is 10.1 Å². The molecule has 1 saturated heterocycles. The van der Waals surface area contributed by atoms with Gasteiger partial charge in [-0.25, -0.2) is 0 Å². The van der Waals surface area contributed by atoms with Gasteiger partial charge in [-0.3, -0.25) is 0 Å². The van der Waals surface area contributed by atoms with Crippen molar-refractivity contribution in [3.8, 4) is 5.75 Å². The second-order valence-electron chi connectivity index (χ2n) is 4.73. The van der Waals surface area contributed by atoms with E-state index in [0.29, 0.717) is 6.04 Å². The largest absolute Gasteiger partial charge is 0.495 e. The lowest BCUT2D eigenvalue weighted by Gasteiger charge is -2.25. The molecule has 2 nitrogen and oxygen atoms in total. The van der Waals surface area contributed by atoms with Crippen LogP contribution in [-0.2, 0) is 6.42 Å². The van der Waals surface area contributed by atoms with Crippen LogP contribution in [0.15, 0.2) is 16.6 Å². The Morgan fingerprint density at radius 3 is 2.88 bits per heavy atom. The fourth-order valence-corrected chi connectivity index (χ4v) is 3.05. The Kier molecular flexibility index (Phi) is 4.46. The van der Waals surface area contributed by atoms with Gasteiger partial charge in [0.2, 0.25) is 0 Å². The maximum Gasteiger partial charge on any atom is 0.136 e. The van der Waals surface area contributed by atoms with E-state index in [1.54, 1.807) is 7.11 Å². The van der Waals surface area contributed by atoms with Crippen LogP contribution in [0.1, 0.15) is 30.4 Å². The predicted molar refractivity (Wildman–Crippen MR) is 74.8 cm³/mol. The van der Waals surface area contributed by atoms with E-state index < -0.39 is 0 Å². The van der Waals surface area contributed by atoms with Gasteiger partial charge in [0, 0.05) is 6.04 Å². The van der Waals surface area contributed by atoms with E-state index in [2.05, 4.69) is 40.3 Å². The van der Waals surface area contributed by atoms with Crippen molar-refractivity contribution < 1.29 is 4.74 Å². The number of benzene rings is 1. The number of ether oxygens (including phenoxy) is 1. The van der Waals surface area contributed by atoms with Gasteiger partial charge in [-0.05, 0) is 65.9 Å². The predicted octanol–water partition coefficient (Wildman–Crippen LogP) is 3.45. The highest BCUT2D eigenvalue weighted by Gasteiger charge is 2.18. The summed E-state index contributed by atoms with van der Waals surface area (Å²) in [5, 5.41) is 3.59. The topological polar surface area (TPSA) is 21.3 Å². The molecule has 0 radical (unpaired) electrons. The lowest BCUT2D eigenvalue weighted by atomic mass is 9.94. The third kappa shape index (κ3) is 3.02. The molecule has 2 rings (SSSR count). The summed E-state index contributed by atoms with van der Waals surface area (Å²) in [4.78, 5) is 0. The Morgan fingerprint density at radius 2 is 2.24 bits per heavy atom. The van der Waals surface area contributed by atoms with Crippen LogP contribution in [0.5, 0.6) is 5.75 Å². The number of aryl methyl sites for hydroxylation is 1. The molecule has 1 aliphatic heterocycles. The number of nitrogens with one attached hydrogen (secondary N) is 1. The molecule has 0 bridgehead atoms. The molecule has 1 heterocycles. The van der Waals surface area contributed by atoms with Crippen molar-refractivity contribution in [3.63, 3.8) is 0 Å². The standard InChI is InChI=1S/C14H20BrNO/c1-10-6-7-13(15)14(17-2)12(10)9-11-5-3-4-8-16-11/h6-7,11,16H,3-5,8-9H2,1-2H3. The molecular formula is C14H20BrNO. The summed E-state index contributed by atoms with van der Waals surface area (Å²) < 4.78 is 6.58. The normalized spacial score (nSPS) is 20.3. The molecule has 0 aromatic heterocycles. The lowest BCUT2D eigenvalue weighted by molar-refractivity contribution is 0.379. The van der Waals surface area contributed by atoms with Crippen molar-refractivity contribution in [3.05, 3.63) is 27.7 Å². The van der Waals surface area contributed by atoms with Crippen LogP contribution in [0.4, 0.5) is 0 Å². The monoisotopic (exact) mass is 297 g/mol. The van der Waals surface area contributed by atoms with Crippen molar-refractivity contribution in [2.75, 3.05) is 13.7 Å². The third-order valence-electron chi connectivity index (χ3n) is 3.51. The van der Waals surface area contributed by atoms with Crippen LogP contribution in [-0.4, -0.2) is 19.7 Å². The van der Waals surface area contributed by atoms with Gasteiger partial charge in [-0.1, -0.05) is 12.5 Å². The van der Waals surface area contributed by atoms with Gasteiger partial charge in [-0.2, -0.15) is 0 Å². The zero-order chi connectivity index (χ0) is 12.3. The Morgan fingerprint density at radius 1 is 1.41 bits per heavy atom. The van der Waals surface area contributed by atoms with Gasteiger partial charge >= 0.3 is 0 Å². The molecule has 17 heavy (non-hydrogen) atoms. The van der Waals surface area contributed by atoms with Crippen LogP contribution >= 0.6 is 15.9 Å². The molecule has 3 heteroatoms. The first-order valence-electron chi connectivity index (χ1n) is 6.27. The summed E-state index contributed by atoms with van der Waals surface area (Å²) >= 11 is 3.56. The number of methoxy groups -OCH3 is 1. The molecule has 1 aromatic carbocycles. The van der Waals surface area contributed by atoms with Crippen molar-refractivity contribution in [2.45, 2.75) is 38.6 Å². The minimum Gasteiger partial charge on any atom is -0.495 e. The van der Waals surface area contributed by atoms with Crippen LogP contribution < -0.4 is 10.1 Å². The molecule has 0 spiro atoms. The number of hydrogen-bond acceptors (Lipinski definition) is 2. The van der Waals surface area contributed by atoms with Gasteiger partial charge in [-0.15, -0.1) is 0 Å². The van der Waals surface area contributed by atoms with Gasteiger partial charge in [0.15, 0.2) is 0 Å². The fourth-order valence-electron chi connectivity index (χ4n) is 2.52. The Labute approximate surface area is 112 Å². The molecular weight excluding hydrogens is 278 g/mol. The molecule has 0 aliphatic carbocycles. The first-order chi connectivity index (χ1) is 8.22. The highest BCUT2D eigenvalue weighted by Crippen LogP contribution is 2.32. The van der Waals surface area contributed by atoms with Crippen LogP contribution in [0, 0.1) is 6.92 Å². The van der Waals surface area contributed by atoms with Crippen LogP contribution in [0.25, 0.3) is 0 Å². The summed E-state index contributed by atoms with van der Waals surface area (Å²) in [5.74, 6) is 0.998. The minimum absolute atomic E-state index is 0.602. The fraction of sp³-hybridized carbons (Fsp3) is 0.571. The van der Waals surface area contributed by atoms with Gasteiger partial charge in [0.05, 0.1) is 11.6 Å². The average Bonchev–Trinajstić information content (AvgIpc) is 2.35. The van der Waals surface area contributed by atoms with E-state index in [1.807, 2.05) is 0 Å². The van der Waals surface area contributed by atoms with Gasteiger partial charge in [0.25, 0.3) is 0 Å². The summed E-state index contributed by atoms with van der Waals surface area (Å²) in [6.07, 6.45) is 4.99. The van der Waals surface area contributed by atoms with E-state index in [0.717, 1.165) is 23.2 Å². The Bertz CT molecular complexity index is 386. The van der Waals surface area contributed by atoms with E-state index in [4.69, 9.17) is 4.74 Å². The Hall–Kier alpha value is -0.540. The van der Waals surface area contributed by atoms with Crippen molar-refractivity contribution in [1.29, 1.82) is 0 Å². The number of piperidine rings is 1. The third-order valence-corrected chi connectivity index (χ3v) is 4.14. The summed E-state index contributed by atoms with van der Waals surface area (Å²) in [6, 6.07) is 4.82. The van der Waals surface area contributed by atoms with Gasteiger partial charge in [0.1, 0.15) is 5.75 Å². The SMILES string of the molecule is COc1c(Br)ccc(C)c1CC1CCCCN1. The first-order valence-corrected chi connectivity index (χ1v) is 7.07. The van der Waals surface area contributed by atoms with Crippen molar-refractivity contribution in [1.82, 2.24) is 5.32 Å². The maximum absolute atomic E-state index is 5.52. The van der Waals surface area contributed by atoms with E-state index >= 15 is 0 Å². The average molecular weight is 298 g/mol. The molecule has 1 fully saturated rings. The first kappa shape index (κ1) is 12.9. The van der Waals surface area contributed by atoms with E-state index in [1.165, 1.54) is 30.4 Å². The highest BCUT2D eigenvalue weighted by atomic mass is 79.9. The summed E-state index contributed by atoms with van der Waals surface area (Å²) in [6.45, 7) is 3.31. The lowest BCUT2D eigenvalue weighted by Crippen LogP contribution is -2.35. The molecule has 1 unspecified atom stereocenters. The van der Waals surface area contributed by atoms with Crippen LogP contribution in [0.3, 0.4) is 0 Å². The quantitative estimate of drug-likeness (QED) is 0.923. The summed E-state index contributed by atoms with van der Waals surface area (Å²) in [5.41, 5.74) is 2.65. The zero-order valence-corrected chi connectivity index (χ0v) is 12.1. The number of rotatable bonds is 3. The second-order valence-corrected chi connectivity index (χ2v) is 5.58. The smallest absolute Gasteiger partial charge is 0.136 e. The highest BCUT2D eigenvalue weighted by molar-refractivity contribution is 9.10. The molecule has 0 amide bonds. The maximum atomic E-state index is 5.52. The summed E-state index contributed by atoms with van der Waals surface area (Å²) in [7, 11) is 1.75. The minimum atomic E-state index is 0.602. The van der Waals surface area contributed by atoms with Crippen molar-refractivity contribution >= 4 is 15.9 Å². The molecule has 1 atom stereocenters. The molecule has 0 saturated carbocycles. The Balaban J connectivity index is 2.21.